The highest BCUT2D eigenvalue weighted by Gasteiger charge is 2.25. The molecule has 0 bridgehead atoms. The summed E-state index contributed by atoms with van der Waals surface area (Å²) in [5, 5.41) is 3.50. The third-order valence-electron chi connectivity index (χ3n) is 3.97. The maximum Gasteiger partial charge on any atom is 0.0865 e. The molecule has 1 heterocycles. The van der Waals surface area contributed by atoms with Crippen molar-refractivity contribution in [3.63, 3.8) is 0 Å². The zero-order chi connectivity index (χ0) is 14.8. The highest BCUT2D eigenvalue weighted by molar-refractivity contribution is 5.18. The summed E-state index contributed by atoms with van der Waals surface area (Å²) >= 11 is 0. The average Bonchev–Trinajstić information content (AvgIpc) is 2.56. The molecule has 1 N–H and O–H groups in total. The van der Waals surface area contributed by atoms with E-state index in [1.165, 1.54) is 18.4 Å². The summed E-state index contributed by atoms with van der Waals surface area (Å²) in [6.45, 7) is 6.78. The van der Waals surface area contributed by atoms with Crippen molar-refractivity contribution in [3.05, 3.63) is 35.9 Å². The minimum Gasteiger partial charge on any atom is -0.381 e. The van der Waals surface area contributed by atoms with Crippen LogP contribution in [0.1, 0.15) is 44.3 Å². The standard InChI is InChI=1S/C18H29NO2/c1-2-12-20-13-7-14-21-18(16-8-4-3-5-9-16)17-10-6-11-19-15-17/h3-5,8-9,17-19H,2,6-7,10-15H2,1H3/t17?,18-/m0/s1. The van der Waals surface area contributed by atoms with Crippen molar-refractivity contribution in [1.82, 2.24) is 5.32 Å². The molecule has 0 aliphatic carbocycles. The van der Waals surface area contributed by atoms with Crippen molar-refractivity contribution in [3.8, 4) is 0 Å². The summed E-state index contributed by atoms with van der Waals surface area (Å²) in [6.07, 6.45) is 4.77. The minimum absolute atomic E-state index is 0.213. The summed E-state index contributed by atoms with van der Waals surface area (Å²) in [4.78, 5) is 0. The van der Waals surface area contributed by atoms with Crippen LogP contribution in [0.15, 0.2) is 30.3 Å². The Balaban J connectivity index is 1.83. The van der Waals surface area contributed by atoms with Crippen LogP contribution in [0.2, 0.25) is 0 Å². The van der Waals surface area contributed by atoms with Crippen LogP contribution in [0.5, 0.6) is 0 Å². The molecule has 1 saturated heterocycles. The average molecular weight is 291 g/mol. The first kappa shape index (κ1) is 16.5. The number of hydrogen-bond acceptors (Lipinski definition) is 3. The fraction of sp³-hybridized carbons (Fsp3) is 0.667. The van der Waals surface area contributed by atoms with Gasteiger partial charge in [0.15, 0.2) is 0 Å². The number of nitrogens with one attached hydrogen (secondary N) is 1. The van der Waals surface area contributed by atoms with Gasteiger partial charge in [0.2, 0.25) is 0 Å². The molecule has 118 valence electrons. The Bertz CT molecular complexity index is 363. The Morgan fingerprint density at radius 3 is 2.76 bits per heavy atom. The summed E-state index contributed by atoms with van der Waals surface area (Å²) in [5.41, 5.74) is 1.31. The molecule has 1 aromatic rings. The van der Waals surface area contributed by atoms with E-state index in [2.05, 4.69) is 42.6 Å². The largest absolute Gasteiger partial charge is 0.381 e. The van der Waals surface area contributed by atoms with Crippen LogP contribution in [0.3, 0.4) is 0 Å². The van der Waals surface area contributed by atoms with E-state index in [4.69, 9.17) is 9.47 Å². The third-order valence-corrected chi connectivity index (χ3v) is 3.97. The van der Waals surface area contributed by atoms with Crippen molar-refractivity contribution in [2.45, 2.75) is 38.7 Å². The zero-order valence-corrected chi connectivity index (χ0v) is 13.2. The predicted octanol–water partition coefficient (Wildman–Crippen LogP) is 3.56. The SMILES string of the molecule is CCCOCCCO[C@@H](c1ccccc1)C1CCCNC1. The van der Waals surface area contributed by atoms with Crippen LogP contribution in [-0.4, -0.2) is 32.9 Å². The van der Waals surface area contributed by atoms with Crippen molar-refractivity contribution >= 4 is 0 Å². The molecule has 3 heteroatoms. The molecule has 2 atom stereocenters. The van der Waals surface area contributed by atoms with Gasteiger partial charge >= 0.3 is 0 Å². The van der Waals surface area contributed by atoms with Crippen molar-refractivity contribution < 1.29 is 9.47 Å². The Morgan fingerprint density at radius 2 is 2.05 bits per heavy atom. The maximum atomic E-state index is 6.23. The molecule has 1 aromatic carbocycles. The molecule has 1 aliphatic heterocycles. The molecule has 1 unspecified atom stereocenters. The van der Waals surface area contributed by atoms with Gasteiger partial charge in [0.25, 0.3) is 0 Å². The van der Waals surface area contributed by atoms with E-state index in [9.17, 15) is 0 Å². The normalized spacial score (nSPS) is 20.3. The Kier molecular flexibility index (Phi) is 7.79. The van der Waals surface area contributed by atoms with Gasteiger partial charge in [-0.1, -0.05) is 37.3 Å². The van der Waals surface area contributed by atoms with Crippen molar-refractivity contribution in [1.29, 1.82) is 0 Å². The molecule has 0 spiro atoms. The van der Waals surface area contributed by atoms with Gasteiger partial charge in [-0.15, -0.1) is 0 Å². The molecule has 0 amide bonds. The van der Waals surface area contributed by atoms with Gasteiger partial charge in [-0.25, -0.2) is 0 Å². The summed E-state index contributed by atoms with van der Waals surface area (Å²) in [6, 6.07) is 10.6. The molecule has 3 nitrogen and oxygen atoms in total. The lowest BCUT2D eigenvalue weighted by molar-refractivity contribution is -0.00784. The first-order valence-corrected chi connectivity index (χ1v) is 8.37. The van der Waals surface area contributed by atoms with E-state index >= 15 is 0 Å². The summed E-state index contributed by atoms with van der Waals surface area (Å²) in [5.74, 6) is 0.581. The second-order valence-corrected chi connectivity index (χ2v) is 5.77. The molecule has 21 heavy (non-hydrogen) atoms. The zero-order valence-electron chi connectivity index (χ0n) is 13.2. The fourth-order valence-electron chi connectivity index (χ4n) is 2.90. The minimum atomic E-state index is 0.213. The Labute approximate surface area is 129 Å². The Morgan fingerprint density at radius 1 is 1.19 bits per heavy atom. The molecular weight excluding hydrogens is 262 g/mol. The lowest BCUT2D eigenvalue weighted by atomic mass is 9.89. The fourth-order valence-corrected chi connectivity index (χ4v) is 2.90. The van der Waals surface area contributed by atoms with Gasteiger partial charge < -0.3 is 14.8 Å². The van der Waals surface area contributed by atoms with E-state index in [0.717, 1.165) is 45.8 Å². The van der Waals surface area contributed by atoms with E-state index in [-0.39, 0.29) is 6.10 Å². The second kappa shape index (κ2) is 9.93. The lowest BCUT2D eigenvalue weighted by Gasteiger charge is -2.31. The highest BCUT2D eigenvalue weighted by Crippen LogP contribution is 2.30. The van der Waals surface area contributed by atoms with Crippen LogP contribution in [0.4, 0.5) is 0 Å². The summed E-state index contributed by atoms with van der Waals surface area (Å²) in [7, 11) is 0. The monoisotopic (exact) mass is 291 g/mol. The van der Waals surface area contributed by atoms with Crippen LogP contribution < -0.4 is 5.32 Å². The van der Waals surface area contributed by atoms with Crippen molar-refractivity contribution in [2.75, 3.05) is 32.9 Å². The summed E-state index contributed by atoms with van der Waals surface area (Å²) < 4.78 is 11.8. The van der Waals surface area contributed by atoms with Gasteiger partial charge in [0.1, 0.15) is 0 Å². The van der Waals surface area contributed by atoms with Crippen LogP contribution >= 0.6 is 0 Å². The molecule has 1 fully saturated rings. The van der Waals surface area contributed by atoms with E-state index in [1.807, 2.05) is 0 Å². The molecule has 0 radical (unpaired) electrons. The number of piperidine rings is 1. The van der Waals surface area contributed by atoms with Crippen LogP contribution in [-0.2, 0) is 9.47 Å². The van der Waals surface area contributed by atoms with Gasteiger partial charge in [-0.05, 0) is 37.8 Å². The quantitative estimate of drug-likeness (QED) is 0.706. The van der Waals surface area contributed by atoms with Gasteiger partial charge in [0.05, 0.1) is 6.10 Å². The van der Waals surface area contributed by atoms with E-state index < -0.39 is 0 Å². The second-order valence-electron chi connectivity index (χ2n) is 5.77. The number of hydrogen-bond donors (Lipinski definition) is 1. The molecule has 0 saturated carbocycles. The van der Waals surface area contributed by atoms with Crippen LogP contribution in [0, 0.1) is 5.92 Å². The number of rotatable bonds is 9. The molecular formula is C18H29NO2. The Hall–Kier alpha value is -0.900. The van der Waals surface area contributed by atoms with Gasteiger partial charge in [-0.2, -0.15) is 0 Å². The van der Waals surface area contributed by atoms with Gasteiger partial charge in [-0.3, -0.25) is 0 Å². The first-order chi connectivity index (χ1) is 10.4. The molecule has 1 aliphatic rings. The third kappa shape index (κ3) is 5.77. The maximum absolute atomic E-state index is 6.23. The smallest absolute Gasteiger partial charge is 0.0865 e. The van der Waals surface area contributed by atoms with Gasteiger partial charge in [0, 0.05) is 32.3 Å². The van der Waals surface area contributed by atoms with E-state index in [1.54, 1.807) is 0 Å². The lowest BCUT2D eigenvalue weighted by Crippen LogP contribution is -2.34. The molecule has 2 rings (SSSR count). The predicted molar refractivity (Wildman–Crippen MR) is 86.5 cm³/mol. The highest BCUT2D eigenvalue weighted by atomic mass is 16.5. The number of ether oxygens (including phenoxy) is 2. The first-order valence-electron chi connectivity index (χ1n) is 8.37. The molecule has 0 aromatic heterocycles. The van der Waals surface area contributed by atoms with Crippen LogP contribution in [0.25, 0.3) is 0 Å². The number of benzene rings is 1. The topological polar surface area (TPSA) is 30.5 Å². The van der Waals surface area contributed by atoms with E-state index in [0.29, 0.717) is 5.92 Å². The van der Waals surface area contributed by atoms with Crippen molar-refractivity contribution in [2.24, 2.45) is 5.92 Å².